The van der Waals surface area contributed by atoms with Crippen molar-refractivity contribution in [3.05, 3.63) is 30.1 Å². The van der Waals surface area contributed by atoms with Crippen LogP contribution in [-0.4, -0.2) is 51.0 Å². The van der Waals surface area contributed by atoms with Gasteiger partial charge in [0, 0.05) is 37.5 Å². The first-order chi connectivity index (χ1) is 9.50. The van der Waals surface area contributed by atoms with Gasteiger partial charge >= 0.3 is 11.9 Å². The third-order valence-corrected chi connectivity index (χ3v) is 2.63. The fourth-order valence-electron chi connectivity index (χ4n) is 1.64. The van der Waals surface area contributed by atoms with Crippen molar-refractivity contribution in [2.45, 2.75) is 19.3 Å². The standard InChI is InChI=1S/C13H16N2O5/c16-11(17)2-1-8-15(9-5-12(18)19)13(20)10-3-6-14-7-4-10/h3-4,6-7H,1-2,5,8-9H2,(H,16,17)(H,18,19). The summed E-state index contributed by atoms with van der Waals surface area (Å²) >= 11 is 0. The van der Waals surface area contributed by atoms with Crippen LogP contribution in [0.2, 0.25) is 0 Å². The highest BCUT2D eigenvalue weighted by molar-refractivity contribution is 5.94. The molecule has 1 rings (SSSR count). The van der Waals surface area contributed by atoms with E-state index in [1.165, 1.54) is 29.4 Å². The Balaban J connectivity index is 2.67. The molecule has 0 saturated carbocycles. The Kier molecular flexibility index (Phi) is 6.15. The van der Waals surface area contributed by atoms with E-state index in [1.54, 1.807) is 0 Å². The molecule has 2 N–H and O–H groups in total. The number of aliphatic carboxylic acids is 2. The number of pyridine rings is 1. The van der Waals surface area contributed by atoms with Crippen molar-refractivity contribution in [2.75, 3.05) is 13.1 Å². The monoisotopic (exact) mass is 280 g/mol. The molecular formula is C13H16N2O5. The smallest absolute Gasteiger partial charge is 0.305 e. The van der Waals surface area contributed by atoms with Crippen LogP contribution in [0.4, 0.5) is 0 Å². The summed E-state index contributed by atoms with van der Waals surface area (Å²) in [4.78, 5) is 38.4. The Morgan fingerprint density at radius 2 is 1.60 bits per heavy atom. The zero-order valence-electron chi connectivity index (χ0n) is 10.9. The highest BCUT2D eigenvalue weighted by atomic mass is 16.4. The molecule has 0 fully saturated rings. The van der Waals surface area contributed by atoms with Gasteiger partial charge in [-0.1, -0.05) is 0 Å². The predicted molar refractivity (Wildman–Crippen MR) is 69.3 cm³/mol. The van der Waals surface area contributed by atoms with Crippen LogP contribution in [0.5, 0.6) is 0 Å². The van der Waals surface area contributed by atoms with Crippen molar-refractivity contribution in [2.24, 2.45) is 0 Å². The molecule has 20 heavy (non-hydrogen) atoms. The van der Waals surface area contributed by atoms with Crippen LogP contribution in [0.3, 0.4) is 0 Å². The molecule has 0 unspecified atom stereocenters. The summed E-state index contributed by atoms with van der Waals surface area (Å²) in [6.07, 6.45) is 2.99. The summed E-state index contributed by atoms with van der Waals surface area (Å²) < 4.78 is 0. The number of carbonyl (C=O) groups is 3. The maximum absolute atomic E-state index is 12.2. The second-order valence-corrected chi connectivity index (χ2v) is 4.17. The van der Waals surface area contributed by atoms with Gasteiger partial charge in [0.15, 0.2) is 0 Å². The molecule has 0 aliphatic rings. The summed E-state index contributed by atoms with van der Waals surface area (Å²) in [5, 5.41) is 17.3. The summed E-state index contributed by atoms with van der Waals surface area (Å²) in [6.45, 7) is 0.261. The third-order valence-electron chi connectivity index (χ3n) is 2.63. The molecular weight excluding hydrogens is 264 g/mol. The van der Waals surface area contributed by atoms with Gasteiger partial charge in [0.05, 0.1) is 6.42 Å². The van der Waals surface area contributed by atoms with Gasteiger partial charge in [0.2, 0.25) is 0 Å². The Bertz CT molecular complexity index is 475. The van der Waals surface area contributed by atoms with E-state index in [4.69, 9.17) is 10.2 Å². The molecule has 1 heterocycles. The molecule has 0 aliphatic carbocycles. The highest BCUT2D eigenvalue weighted by Crippen LogP contribution is 2.06. The molecule has 0 radical (unpaired) electrons. The van der Waals surface area contributed by atoms with Crippen LogP contribution in [0.15, 0.2) is 24.5 Å². The number of amides is 1. The molecule has 0 aromatic carbocycles. The zero-order valence-corrected chi connectivity index (χ0v) is 10.9. The number of rotatable bonds is 8. The molecule has 7 heteroatoms. The molecule has 0 saturated heterocycles. The topological polar surface area (TPSA) is 108 Å². The number of hydrogen-bond donors (Lipinski definition) is 2. The van der Waals surface area contributed by atoms with Crippen LogP contribution in [0, 0.1) is 0 Å². The molecule has 0 aliphatic heterocycles. The van der Waals surface area contributed by atoms with Crippen molar-refractivity contribution in [1.82, 2.24) is 9.88 Å². The molecule has 1 aromatic rings. The average Bonchev–Trinajstić information content (AvgIpc) is 2.42. The Hall–Kier alpha value is -2.44. The van der Waals surface area contributed by atoms with E-state index < -0.39 is 11.9 Å². The minimum absolute atomic E-state index is 0.0517. The molecule has 1 amide bonds. The van der Waals surface area contributed by atoms with Gasteiger partial charge in [-0.15, -0.1) is 0 Å². The number of carbonyl (C=O) groups excluding carboxylic acids is 1. The van der Waals surface area contributed by atoms with E-state index in [9.17, 15) is 14.4 Å². The van der Waals surface area contributed by atoms with E-state index in [2.05, 4.69) is 4.98 Å². The quantitative estimate of drug-likeness (QED) is 0.731. The van der Waals surface area contributed by atoms with E-state index in [0.29, 0.717) is 5.56 Å². The predicted octanol–water partition coefficient (Wildman–Crippen LogP) is 0.863. The van der Waals surface area contributed by atoms with E-state index >= 15 is 0 Å². The largest absolute Gasteiger partial charge is 0.481 e. The summed E-state index contributed by atoms with van der Waals surface area (Å²) in [5.41, 5.74) is 0.403. The molecule has 0 atom stereocenters. The minimum atomic E-state index is -1.00. The minimum Gasteiger partial charge on any atom is -0.481 e. The van der Waals surface area contributed by atoms with Crippen LogP contribution >= 0.6 is 0 Å². The summed E-state index contributed by atoms with van der Waals surface area (Å²) in [6, 6.07) is 3.07. The normalized spacial score (nSPS) is 10.0. The number of carboxylic acid groups (broad SMARTS) is 2. The summed E-state index contributed by atoms with van der Waals surface area (Å²) in [7, 11) is 0. The fourth-order valence-corrected chi connectivity index (χ4v) is 1.64. The van der Waals surface area contributed by atoms with E-state index in [0.717, 1.165) is 0 Å². The van der Waals surface area contributed by atoms with Crippen molar-refractivity contribution in [3.8, 4) is 0 Å². The Labute approximate surface area is 115 Å². The first kappa shape index (κ1) is 15.6. The van der Waals surface area contributed by atoms with Crippen molar-refractivity contribution < 1.29 is 24.6 Å². The Morgan fingerprint density at radius 3 is 2.15 bits per heavy atom. The highest BCUT2D eigenvalue weighted by Gasteiger charge is 2.16. The molecule has 7 nitrogen and oxygen atoms in total. The maximum atomic E-state index is 12.2. The number of hydrogen-bond acceptors (Lipinski definition) is 4. The van der Waals surface area contributed by atoms with Crippen LogP contribution < -0.4 is 0 Å². The van der Waals surface area contributed by atoms with Crippen molar-refractivity contribution in [1.29, 1.82) is 0 Å². The van der Waals surface area contributed by atoms with E-state index in [1.807, 2.05) is 0 Å². The SMILES string of the molecule is O=C(O)CCCN(CCC(=O)O)C(=O)c1ccncc1. The average molecular weight is 280 g/mol. The van der Waals surface area contributed by atoms with E-state index in [-0.39, 0.29) is 38.3 Å². The number of aromatic nitrogens is 1. The molecule has 0 bridgehead atoms. The first-order valence-corrected chi connectivity index (χ1v) is 6.13. The van der Waals surface area contributed by atoms with Crippen LogP contribution in [-0.2, 0) is 9.59 Å². The lowest BCUT2D eigenvalue weighted by molar-refractivity contribution is -0.138. The summed E-state index contributed by atoms with van der Waals surface area (Å²) in [5.74, 6) is -2.27. The van der Waals surface area contributed by atoms with Crippen molar-refractivity contribution in [3.63, 3.8) is 0 Å². The zero-order chi connectivity index (χ0) is 15.0. The van der Waals surface area contributed by atoms with Gasteiger partial charge in [-0.05, 0) is 18.6 Å². The van der Waals surface area contributed by atoms with Gasteiger partial charge < -0.3 is 15.1 Å². The van der Waals surface area contributed by atoms with Gasteiger partial charge in [-0.2, -0.15) is 0 Å². The second-order valence-electron chi connectivity index (χ2n) is 4.17. The van der Waals surface area contributed by atoms with Crippen LogP contribution in [0.1, 0.15) is 29.6 Å². The lowest BCUT2D eigenvalue weighted by atomic mass is 10.2. The molecule has 1 aromatic heterocycles. The van der Waals surface area contributed by atoms with Gasteiger partial charge in [0.25, 0.3) is 5.91 Å². The van der Waals surface area contributed by atoms with Crippen LogP contribution in [0.25, 0.3) is 0 Å². The molecule has 0 spiro atoms. The lowest BCUT2D eigenvalue weighted by Gasteiger charge is -2.21. The maximum Gasteiger partial charge on any atom is 0.305 e. The van der Waals surface area contributed by atoms with Crippen molar-refractivity contribution >= 4 is 17.8 Å². The number of nitrogens with zero attached hydrogens (tertiary/aromatic N) is 2. The lowest BCUT2D eigenvalue weighted by Crippen LogP contribution is -2.34. The second kappa shape index (κ2) is 7.88. The first-order valence-electron chi connectivity index (χ1n) is 6.13. The third kappa shape index (κ3) is 5.47. The Morgan fingerprint density at radius 1 is 1.00 bits per heavy atom. The fraction of sp³-hybridized carbons (Fsp3) is 0.385. The molecule has 108 valence electrons. The van der Waals surface area contributed by atoms with Gasteiger partial charge in [0.1, 0.15) is 0 Å². The number of carboxylic acids is 2. The van der Waals surface area contributed by atoms with Gasteiger partial charge in [-0.3, -0.25) is 19.4 Å². The van der Waals surface area contributed by atoms with Gasteiger partial charge in [-0.25, -0.2) is 0 Å².